The van der Waals surface area contributed by atoms with Crippen LogP contribution >= 0.6 is 23.2 Å². The van der Waals surface area contributed by atoms with Gasteiger partial charge < -0.3 is 24.4 Å². The fraction of sp³-hybridized carbons (Fsp3) is 0.423. The van der Waals surface area contributed by atoms with Gasteiger partial charge in [-0.1, -0.05) is 29.3 Å². The van der Waals surface area contributed by atoms with Gasteiger partial charge in [0.1, 0.15) is 23.8 Å². The molecule has 1 aliphatic heterocycles. The third-order valence-corrected chi connectivity index (χ3v) is 6.75. The number of benzene rings is 2. The molecule has 3 aromatic rings. The minimum Gasteiger partial charge on any atom is -0.495 e. The van der Waals surface area contributed by atoms with Gasteiger partial charge in [0.05, 0.1) is 35.8 Å². The number of carbonyl (C=O) groups excluding carboxylic acids is 1. The zero-order valence-corrected chi connectivity index (χ0v) is 22.8. The molecular weight excluding hydrogens is 522 g/mol. The van der Waals surface area contributed by atoms with Crippen LogP contribution in [0.15, 0.2) is 30.5 Å². The predicted octanol–water partition coefficient (Wildman–Crippen LogP) is 6.38. The molecule has 1 aromatic heterocycles. The number of hydrogen-bond acceptors (Lipinski definition) is 7. The first-order valence-electron chi connectivity index (χ1n) is 11.7. The fourth-order valence-electron chi connectivity index (χ4n) is 4.29. The number of anilines is 1. The normalized spacial score (nSPS) is 17.7. The van der Waals surface area contributed by atoms with E-state index in [1.807, 2.05) is 18.2 Å². The summed E-state index contributed by atoms with van der Waals surface area (Å²) in [7, 11) is 3.04. The second-order valence-corrected chi connectivity index (χ2v) is 10.5. The van der Waals surface area contributed by atoms with E-state index in [-0.39, 0.29) is 6.04 Å². The lowest BCUT2D eigenvalue weighted by molar-refractivity contribution is 0.0206. The van der Waals surface area contributed by atoms with Crippen molar-refractivity contribution in [1.82, 2.24) is 14.9 Å². The summed E-state index contributed by atoms with van der Waals surface area (Å²) in [6.45, 7) is 4.98. The first-order chi connectivity index (χ1) is 17.5. The lowest BCUT2D eigenvalue weighted by Gasteiger charge is -2.27. The molecule has 4 rings (SSSR count). The minimum absolute atomic E-state index is 0.216. The van der Waals surface area contributed by atoms with E-state index in [9.17, 15) is 9.18 Å². The van der Waals surface area contributed by atoms with E-state index in [1.165, 1.54) is 19.1 Å². The van der Waals surface area contributed by atoms with Crippen LogP contribution in [0.2, 0.25) is 10.0 Å². The highest BCUT2D eigenvalue weighted by Crippen LogP contribution is 2.46. The summed E-state index contributed by atoms with van der Waals surface area (Å²) in [6.07, 6.45) is 1.57. The first kappa shape index (κ1) is 27.0. The Bertz CT molecular complexity index is 1290. The Kier molecular flexibility index (Phi) is 7.85. The molecule has 0 spiro atoms. The van der Waals surface area contributed by atoms with E-state index in [0.717, 1.165) is 10.9 Å². The van der Waals surface area contributed by atoms with E-state index in [2.05, 4.69) is 15.3 Å². The topological polar surface area (TPSA) is 85.8 Å². The quantitative estimate of drug-likeness (QED) is 0.381. The smallest absolute Gasteiger partial charge is 0.410 e. The van der Waals surface area contributed by atoms with Gasteiger partial charge in [-0.25, -0.2) is 19.2 Å². The Labute approximate surface area is 225 Å². The van der Waals surface area contributed by atoms with Gasteiger partial charge in [0.2, 0.25) is 5.95 Å². The highest BCUT2D eigenvalue weighted by molar-refractivity contribution is 6.41. The van der Waals surface area contributed by atoms with Crippen LogP contribution in [-0.2, 0) is 4.74 Å². The van der Waals surface area contributed by atoms with Crippen LogP contribution < -0.4 is 14.8 Å². The molecule has 37 heavy (non-hydrogen) atoms. The van der Waals surface area contributed by atoms with Crippen LogP contribution in [-0.4, -0.2) is 66.1 Å². The number of alkyl halides is 1. The van der Waals surface area contributed by atoms with Crippen LogP contribution in [0.5, 0.6) is 11.5 Å². The van der Waals surface area contributed by atoms with Gasteiger partial charge in [0.25, 0.3) is 0 Å². The number of fused-ring (bicyclic) bond motifs is 1. The molecule has 1 N–H and O–H groups in total. The molecule has 1 fully saturated rings. The predicted molar refractivity (Wildman–Crippen MR) is 143 cm³/mol. The van der Waals surface area contributed by atoms with E-state index < -0.39 is 24.4 Å². The maximum atomic E-state index is 13.6. The number of rotatable bonds is 6. The number of carbonyl (C=O) groups is 1. The number of ether oxygens (including phenoxy) is 3. The third kappa shape index (κ3) is 5.78. The van der Waals surface area contributed by atoms with Crippen molar-refractivity contribution in [3.63, 3.8) is 0 Å². The molecule has 8 nitrogen and oxygen atoms in total. The second-order valence-electron chi connectivity index (χ2n) is 9.77. The number of likely N-dealkylation sites (tertiary alicyclic amines) is 1. The molecule has 0 bridgehead atoms. The van der Waals surface area contributed by atoms with Gasteiger partial charge in [-0.05, 0) is 44.9 Å². The Morgan fingerprint density at radius 1 is 1.16 bits per heavy atom. The second kappa shape index (κ2) is 10.8. The monoisotopic (exact) mass is 550 g/mol. The molecule has 2 unspecified atom stereocenters. The number of methoxy groups -OCH3 is 2. The van der Waals surface area contributed by atoms with Crippen molar-refractivity contribution < 1.29 is 23.4 Å². The largest absolute Gasteiger partial charge is 0.495 e. The maximum absolute atomic E-state index is 13.6. The van der Waals surface area contributed by atoms with Crippen LogP contribution in [0.25, 0.3) is 22.0 Å². The Hall–Kier alpha value is -3.04. The molecule has 0 aliphatic carbocycles. The minimum atomic E-state index is -0.658. The molecule has 198 valence electrons. The van der Waals surface area contributed by atoms with Crippen molar-refractivity contribution in [3.8, 4) is 22.6 Å². The summed E-state index contributed by atoms with van der Waals surface area (Å²) in [5.41, 5.74) is 1.36. The van der Waals surface area contributed by atoms with Crippen molar-refractivity contribution >= 4 is 46.1 Å². The van der Waals surface area contributed by atoms with Crippen LogP contribution in [0, 0.1) is 0 Å². The lowest BCUT2D eigenvalue weighted by Crippen LogP contribution is -2.41. The van der Waals surface area contributed by atoms with Crippen molar-refractivity contribution in [1.29, 1.82) is 0 Å². The summed E-state index contributed by atoms with van der Waals surface area (Å²) in [4.78, 5) is 23.0. The van der Waals surface area contributed by atoms with Crippen molar-refractivity contribution in [3.05, 3.63) is 40.5 Å². The highest BCUT2D eigenvalue weighted by atomic mass is 35.5. The molecule has 0 saturated carbocycles. The van der Waals surface area contributed by atoms with Gasteiger partial charge in [-0.15, -0.1) is 0 Å². The number of hydrogen-bond donors (Lipinski definition) is 1. The Morgan fingerprint density at radius 2 is 1.84 bits per heavy atom. The zero-order chi connectivity index (χ0) is 26.9. The van der Waals surface area contributed by atoms with E-state index in [4.69, 9.17) is 37.4 Å². The van der Waals surface area contributed by atoms with Gasteiger partial charge >= 0.3 is 6.09 Å². The molecule has 11 heteroatoms. The van der Waals surface area contributed by atoms with E-state index in [1.54, 1.807) is 33.0 Å². The molecule has 2 atom stereocenters. The molecule has 2 heterocycles. The number of amides is 1. The lowest BCUT2D eigenvalue weighted by atomic mass is 10.0. The average Bonchev–Trinajstić information content (AvgIpc) is 3.26. The van der Waals surface area contributed by atoms with Crippen LogP contribution in [0.4, 0.5) is 15.1 Å². The van der Waals surface area contributed by atoms with Crippen molar-refractivity contribution in [2.24, 2.45) is 0 Å². The standard InChI is InChI=1S/C26H29Cl2FN4O4/c1-26(2,3)37-25(34)33-13-16(9-17(33)11-29)31-24-30-12-15-8-14(6-7-18(15)32-24)21-22(27)19(35-4)10-20(36-5)23(21)28/h6-8,10,12,16-17H,9,11,13H2,1-5H3,(H,30,31,32). The summed E-state index contributed by atoms with van der Waals surface area (Å²) in [5.74, 6) is 1.27. The van der Waals surface area contributed by atoms with Crippen LogP contribution in [0.1, 0.15) is 27.2 Å². The molecule has 1 saturated heterocycles. The third-order valence-electron chi connectivity index (χ3n) is 6.00. The van der Waals surface area contributed by atoms with Crippen molar-refractivity contribution in [2.45, 2.75) is 44.9 Å². The molecule has 2 aromatic carbocycles. The summed E-state index contributed by atoms with van der Waals surface area (Å²) in [5, 5.41) is 4.72. The Balaban J connectivity index is 1.56. The average molecular weight is 551 g/mol. The maximum Gasteiger partial charge on any atom is 0.410 e. The zero-order valence-electron chi connectivity index (χ0n) is 21.3. The first-order valence-corrected chi connectivity index (χ1v) is 12.5. The molecule has 0 radical (unpaired) electrons. The highest BCUT2D eigenvalue weighted by Gasteiger charge is 2.38. The number of aromatic nitrogens is 2. The van der Waals surface area contributed by atoms with Gasteiger partial charge in [0.15, 0.2) is 0 Å². The van der Waals surface area contributed by atoms with Crippen LogP contribution in [0.3, 0.4) is 0 Å². The molecule has 1 aliphatic rings. The van der Waals surface area contributed by atoms with E-state index in [0.29, 0.717) is 51.5 Å². The summed E-state index contributed by atoms with van der Waals surface area (Å²) in [6, 6.07) is 6.42. The number of nitrogens with zero attached hydrogens (tertiary/aromatic N) is 3. The van der Waals surface area contributed by atoms with E-state index >= 15 is 0 Å². The van der Waals surface area contributed by atoms with Crippen molar-refractivity contribution in [2.75, 3.05) is 32.8 Å². The summed E-state index contributed by atoms with van der Waals surface area (Å²) >= 11 is 13.1. The van der Waals surface area contributed by atoms with Gasteiger partial charge in [0, 0.05) is 35.8 Å². The number of halogens is 3. The molecular formula is C26H29Cl2FN4O4. The van der Waals surface area contributed by atoms with Gasteiger partial charge in [-0.3, -0.25) is 0 Å². The number of nitrogens with one attached hydrogen (secondary N) is 1. The van der Waals surface area contributed by atoms with Gasteiger partial charge in [-0.2, -0.15) is 0 Å². The Morgan fingerprint density at radius 3 is 2.43 bits per heavy atom. The SMILES string of the molecule is COc1cc(OC)c(Cl)c(-c2ccc3nc(NC4CC(CF)N(C(=O)OC(C)(C)C)C4)ncc3c2)c1Cl. The fourth-order valence-corrected chi connectivity index (χ4v) is 5.01. The summed E-state index contributed by atoms with van der Waals surface area (Å²) < 4.78 is 29.8. The molecule has 1 amide bonds.